The normalized spacial score (nSPS) is 11.7. The van der Waals surface area contributed by atoms with Crippen molar-refractivity contribution in [2.45, 2.75) is 26.8 Å². The zero-order valence-corrected chi connectivity index (χ0v) is 16.1. The molecule has 2 amide bonds. The summed E-state index contributed by atoms with van der Waals surface area (Å²) in [6.07, 6.45) is 0. The lowest BCUT2D eigenvalue weighted by molar-refractivity contribution is -0.117. The maximum Gasteiger partial charge on any atom is 0.252 e. The van der Waals surface area contributed by atoms with Crippen molar-refractivity contribution in [2.75, 3.05) is 5.32 Å². The number of carbonyl (C=O) groups excluding carboxylic acids is 2. The molecular weight excluding hydrogens is 360 g/mol. The van der Waals surface area contributed by atoms with Gasteiger partial charge in [-0.1, -0.05) is 59.4 Å². The Bertz CT molecular complexity index is 966. The zero-order chi connectivity index (χ0) is 19.4. The summed E-state index contributed by atoms with van der Waals surface area (Å²) in [5, 5.41) is 14.7. The third-order valence-electron chi connectivity index (χ3n) is 4.08. The number of rotatable bonds is 5. The second kappa shape index (κ2) is 8.09. The molecule has 0 bridgehead atoms. The van der Waals surface area contributed by atoms with Crippen LogP contribution in [-0.4, -0.2) is 28.1 Å². The second-order valence-corrected chi connectivity index (χ2v) is 7.26. The van der Waals surface area contributed by atoms with Crippen molar-refractivity contribution in [1.82, 2.24) is 15.5 Å². The van der Waals surface area contributed by atoms with Crippen LogP contribution in [0.25, 0.3) is 10.6 Å². The van der Waals surface area contributed by atoms with Gasteiger partial charge in [0.1, 0.15) is 11.0 Å². The highest BCUT2D eigenvalue weighted by Crippen LogP contribution is 2.26. The highest BCUT2D eigenvalue weighted by Gasteiger charge is 2.19. The molecule has 0 spiro atoms. The third kappa shape index (κ3) is 4.57. The number of anilines is 1. The number of hydrogen-bond donors (Lipinski definition) is 2. The number of aryl methyl sites for hydroxylation is 2. The standard InChI is InChI=1S/C20H20N4O2S/c1-12-8-10-15(11-9-12)19-23-24-20(27-19)22-17(25)14(3)21-18(26)16-7-5-4-6-13(16)2/h4-11,14H,1-3H3,(H,21,26)(H,22,24,25). The van der Waals surface area contributed by atoms with Gasteiger partial charge < -0.3 is 5.32 Å². The van der Waals surface area contributed by atoms with Crippen LogP contribution in [0.5, 0.6) is 0 Å². The maximum absolute atomic E-state index is 12.4. The molecule has 1 atom stereocenters. The first kappa shape index (κ1) is 18.7. The number of hydrogen-bond acceptors (Lipinski definition) is 5. The molecule has 0 fully saturated rings. The Balaban J connectivity index is 1.62. The Morgan fingerprint density at radius 3 is 2.41 bits per heavy atom. The minimum Gasteiger partial charge on any atom is -0.341 e. The minimum absolute atomic E-state index is 0.284. The average molecular weight is 380 g/mol. The lowest BCUT2D eigenvalue weighted by Gasteiger charge is -2.13. The Labute approximate surface area is 161 Å². The molecule has 0 aliphatic heterocycles. The van der Waals surface area contributed by atoms with Crippen molar-refractivity contribution >= 4 is 28.3 Å². The van der Waals surface area contributed by atoms with Gasteiger partial charge in [0.15, 0.2) is 0 Å². The molecule has 1 heterocycles. The van der Waals surface area contributed by atoms with E-state index in [0.29, 0.717) is 10.7 Å². The van der Waals surface area contributed by atoms with Crippen LogP contribution in [0.3, 0.4) is 0 Å². The number of nitrogens with one attached hydrogen (secondary N) is 2. The molecule has 0 aliphatic rings. The van der Waals surface area contributed by atoms with Gasteiger partial charge in [-0.05, 0) is 32.4 Å². The summed E-state index contributed by atoms with van der Waals surface area (Å²) in [6, 6.07) is 14.5. The largest absolute Gasteiger partial charge is 0.341 e. The fourth-order valence-electron chi connectivity index (χ4n) is 2.47. The van der Waals surface area contributed by atoms with Gasteiger partial charge in [-0.3, -0.25) is 14.9 Å². The summed E-state index contributed by atoms with van der Waals surface area (Å²) in [5.41, 5.74) is 3.51. The fourth-order valence-corrected chi connectivity index (χ4v) is 3.22. The molecule has 0 aliphatic carbocycles. The highest BCUT2D eigenvalue weighted by atomic mass is 32.1. The number of carbonyl (C=O) groups is 2. The van der Waals surface area contributed by atoms with Crippen molar-refractivity contribution in [3.63, 3.8) is 0 Å². The van der Waals surface area contributed by atoms with E-state index < -0.39 is 6.04 Å². The van der Waals surface area contributed by atoms with Crippen molar-refractivity contribution in [2.24, 2.45) is 0 Å². The molecule has 1 unspecified atom stereocenters. The van der Waals surface area contributed by atoms with Crippen LogP contribution in [-0.2, 0) is 4.79 Å². The van der Waals surface area contributed by atoms with Gasteiger partial charge in [0.25, 0.3) is 5.91 Å². The first-order valence-corrected chi connectivity index (χ1v) is 9.33. The van der Waals surface area contributed by atoms with Crippen LogP contribution in [0, 0.1) is 13.8 Å². The Hall–Kier alpha value is -3.06. The lowest BCUT2D eigenvalue weighted by Crippen LogP contribution is -2.41. The van der Waals surface area contributed by atoms with Gasteiger partial charge in [0.05, 0.1) is 0 Å². The Morgan fingerprint density at radius 1 is 1.00 bits per heavy atom. The lowest BCUT2D eigenvalue weighted by atomic mass is 10.1. The molecule has 2 aromatic carbocycles. The average Bonchev–Trinajstić information content (AvgIpc) is 3.11. The van der Waals surface area contributed by atoms with Crippen molar-refractivity contribution in [3.8, 4) is 10.6 Å². The van der Waals surface area contributed by atoms with Gasteiger partial charge in [-0.25, -0.2) is 0 Å². The van der Waals surface area contributed by atoms with Crippen molar-refractivity contribution in [3.05, 3.63) is 65.2 Å². The van der Waals surface area contributed by atoms with Crippen LogP contribution in [0.1, 0.15) is 28.4 Å². The van der Waals surface area contributed by atoms with Crippen molar-refractivity contribution < 1.29 is 9.59 Å². The van der Waals surface area contributed by atoms with E-state index in [0.717, 1.165) is 21.7 Å². The first-order chi connectivity index (χ1) is 12.9. The quantitative estimate of drug-likeness (QED) is 0.709. The van der Waals surface area contributed by atoms with Gasteiger partial charge in [-0.15, -0.1) is 10.2 Å². The molecule has 27 heavy (non-hydrogen) atoms. The Kier molecular flexibility index (Phi) is 5.61. The minimum atomic E-state index is -0.705. The number of benzene rings is 2. The van der Waals surface area contributed by atoms with Crippen molar-refractivity contribution in [1.29, 1.82) is 0 Å². The predicted octanol–water partition coefficient (Wildman–Crippen LogP) is 3.58. The van der Waals surface area contributed by atoms with Crippen LogP contribution >= 0.6 is 11.3 Å². The van der Waals surface area contributed by atoms with Crippen LogP contribution < -0.4 is 10.6 Å². The van der Waals surface area contributed by atoms with Crippen LogP contribution in [0.15, 0.2) is 48.5 Å². The SMILES string of the molecule is Cc1ccc(-c2nnc(NC(=O)C(C)NC(=O)c3ccccc3C)s2)cc1. The second-order valence-electron chi connectivity index (χ2n) is 6.28. The molecule has 2 N–H and O–H groups in total. The summed E-state index contributed by atoms with van der Waals surface area (Å²) in [4.78, 5) is 24.7. The summed E-state index contributed by atoms with van der Waals surface area (Å²) < 4.78 is 0. The van der Waals surface area contributed by atoms with Gasteiger partial charge in [0, 0.05) is 11.1 Å². The van der Waals surface area contributed by atoms with Crippen LogP contribution in [0.2, 0.25) is 0 Å². The predicted molar refractivity (Wildman–Crippen MR) is 107 cm³/mol. The highest BCUT2D eigenvalue weighted by molar-refractivity contribution is 7.18. The van der Waals surface area contributed by atoms with Crippen LogP contribution in [0.4, 0.5) is 5.13 Å². The molecule has 0 saturated carbocycles. The number of amides is 2. The topological polar surface area (TPSA) is 84.0 Å². The monoisotopic (exact) mass is 380 g/mol. The molecule has 0 radical (unpaired) electrons. The molecule has 3 aromatic rings. The number of aromatic nitrogens is 2. The number of nitrogens with zero attached hydrogens (tertiary/aromatic N) is 2. The molecular formula is C20H20N4O2S. The summed E-state index contributed by atoms with van der Waals surface area (Å²) in [6.45, 7) is 5.50. The Morgan fingerprint density at radius 2 is 1.70 bits per heavy atom. The molecule has 3 rings (SSSR count). The summed E-state index contributed by atoms with van der Waals surface area (Å²) in [7, 11) is 0. The molecule has 138 valence electrons. The van der Waals surface area contributed by atoms with E-state index in [4.69, 9.17) is 0 Å². The third-order valence-corrected chi connectivity index (χ3v) is 4.97. The van der Waals surface area contributed by atoms with Gasteiger partial charge in [-0.2, -0.15) is 0 Å². The zero-order valence-electron chi connectivity index (χ0n) is 15.3. The summed E-state index contributed by atoms with van der Waals surface area (Å²) in [5.74, 6) is -0.628. The molecule has 1 aromatic heterocycles. The molecule has 0 saturated heterocycles. The van der Waals surface area contributed by atoms with Gasteiger partial charge >= 0.3 is 0 Å². The van der Waals surface area contributed by atoms with E-state index in [2.05, 4.69) is 20.8 Å². The molecule has 7 heteroatoms. The van der Waals surface area contributed by atoms with E-state index in [1.54, 1.807) is 19.1 Å². The van der Waals surface area contributed by atoms with E-state index >= 15 is 0 Å². The molecule has 6 nitrogen and oxygen atoms in total. The van der Waals surface area contributed by atoms with E-state index in [9.17, 15) is 9.59 Å². The van der Waals surface area contributed by atoms with E-state index in [1.807, 2.05) is 50.2 Å². The fraction of sp³-hybridized carbons (Fsp3) is 0.200. The first-order valence-electron chi connectivity index (χ1n) is 8.52. The maximum atomic E-state index is 12.4. The van der Waals surface area contributed by atoms with Gasteiger partial charge in [0.2, 0.25) is 11.0 Å². The van der Waals surface area contributed by atoms with E-state index in [1.165, 1.54) is 11.3 Å². The summed E-state index contributed by atoms with van der Waals surface area (Å²) >= 11 is 1.29. The van der Waals surface area contributed by atoms with E-state index in [-0.39, 0.29) is 11.8 Å². The smallest absolute Gasteiger partial charge is 0.252 e.